The number of hydrogen-bond donors (Lipinski definition) is 1. The number of rotatable bonds is 7. The molecule has 2 aromatic carbocycles. The number of carbonyl (C=O) groups excluding carboxylic acids is 2. The number of nitro benzene ring substituents is 1. The van der Waals surface area contributed by atoms with Crippen LogP contribution in [0, 0.1) is 15.5 Å². The molecule has 1 fully saturated rings. The van der Waals surface area contributed by atoms with E-state index in [1.54, 1.807) is 18.2 Å². The van der Waals surface area contributed by atoms with Gasteiger partial charge in [-0.25, -0.2) is 4.79 Å². The van der Waals surface area contributed by atoms with E-state index in [-0.39, 0.29) is 34.7 Å². The molecule has 200 valence electrons. The van der Waals surface area contributed by atoms with Gasteiger partial charge in [-0.2, -0.15) is 0 Å². The van der Waals surface area contributed by atoms with Gasteiger partial charge in [0, 0.05) is 19.5 Å². The molecule has 3 rings (SSSR count). The summed E-state index contributed by atoms with van der Waals surface area (Å²) in [5.74, 6) is 0.368. The molecule has 1 saturated carbocycles. The van der Waals surface area contributed by atoms with Gasteiger partial charge in [0.2, 0.25) is 5.91 Å². The Morgan fingerprint density at radius 2 is 1.68 bits per heavy atom. The number of anilines is 1. The molecule has 9 nitrogen and oxygen atoms in total. The van der Waals surface area contributed by atoms with E-state index >= 15 is 0 Å². The maximum atomic E-state index is 13.1. The number of hydrogen-bond acceptors (Lipinski definition) is 6. The zero-order valence-electron chi connectivity index (χ0n) is 22.5. The lowest BCUT2D eigenvalue weighted by molar-refractivity contribution is -0.384. The minimum absolute atomic E-state index is 0.105. The van der Waals surface area contributed by atoms with Gasteiger partial charge < -0.3 is 19.7 Å². The third-order valence-electron chi connectivity index (χ3n) is 6.37. The molecule has 0 aliphatic heterocycles. The summed E-state index contributed by atoms with van der Waals surface area (Å²) in [5.41, 5.74) is 0.473. The van der Waals surface area contributed by atoms with Crippen LogP contribution in [0.3, 0.4) is 0 Å². The second kappa shape index (κ2) is 11.2. The molecule has 9 heteroatoms. The molecule has 0 aromatic heterocycles. The second-order valence-electron chi connectivity index (χ2n) is 11.4. The van der Waals surface area contributed by atoms with Gasteiger partial charge >= 0.3 is 6.09 Å². The minimum Gasteiger partial charge on any atom is -0.457 e. The molecule has 37 heavy (non-hydrogen) atoms. The van der Waals surface area contributed by atoms with Crippen LogP contribution in [0.15, 0.2) is 42.5 Å². The lowest BCUT2D eigenvalue weighted by Crippen LogP contribution is -2.45. The highest BCUT2D eigenvalue weighted by Crippen LogP contribution is 2.38. The first kappa shape index (κ1) is 28.0. The average molecular weight is 512 g/mol. The van der Waals surface area contributed by atoms with Gasteiger partial charge in [-0.3, -0.25) is 14.9 Å². The molecule has 0 atom stereocenters. The number of ether oxygens (including phenoxy) is 2. The Hall–Kier alpha value is -3.62. The van der Waals surface area contributed by atoms with Crippen LogP contribution in [-0.2, 0) is 16.1 Å². The van der Waals surface area contributed by atoms with Crippen molar-refractivity contribution in [2.24, 2.45) is 5.41 Å². The summed E-state index contributed by atoms with van der Waals surface area (Å²) in [6.07, 6.45) is 3.65. The summed E-state index contributed by atoms with van der Waals surface area (Å²) in [6.45, 7) is 11.8. The summed E-state index contributed by atoms with van der Waals surface area (Å²) in [5, 5.41) is 13.9. The van der Waals surface area contributed by atoms with Crippen molar-refractivity contribution in [3.05, 3.63) is 58.1 Å². The molecule has 0 heterocycles. The number of benzene rings is 2. The topological polar surface area (TPSA) is 111 Å². The molecule has 1 N–H and O–H groups in total. The van der Waals surface area contributed by atoms with Crippen molar-refractivity contribution in [1.82, 2.24) is 4.90 Å². The monoisotopic (exact) mass is 511 g/mol. The Morgan fingerprint density at radius 1 is 1.08 bits per heavy atom. The number of nitrogens with one attached hydrogen (secondary N) is 1. The fourth-order valence-electron chi connectivity index (χ4n) is 4.38. The van der Waals surface area contributed by atoms with Crippen LogP contribution in [0.1, 0.15) is 72.8 Å². The van der Waals surface area contributed by atoms with E-state index < -0.39 is 16.4 Å². The molecule has 0 spiro atoms. The standard InChI is InChI=1S/C28H37N3O6/c1-19(32)29-24-12-11-23(17-25(24)31(34)35)36-22-9-7-20(8-10-22)18-30(26(33)37-27(2,3)4)21-13-15-28(5,6)16-14-21/h7-12,17,21H,13-16,18H2,1-6H3,(H,29,32). The lowest BCUT2D eigenvalue weighted by Gasteiger charge is -2.40. The largest absolute Gasteiger partial charge is 0.457 e. The predicted molar refractivity (Wildman–Crippen MR) is 142 cm³/mol. The van der Waals surface area contributed by atoms with E-state index in [4.69, 9.17) is 9.47 Å². The Bertz CT molecular complexity index is 1130. The van der Waals surface area contributed by atoms with Crippen molar-refractivity contribution in [2.75, 3.05) is 5.32 Å². The lowest BCUT2D eigenvalue weighted by atomic mass is 9.75. The van der Waals surface area contributed by atoms with Gasteiger partial charge in [0.15, 0.2) is 0 Å². The maximum absolute atomic E-state index is 13.1. The van der Waals surface area contributed by atoms with E-state index in [9.17, 15) is 19.7 Å². The van der Waals surface area contributed by atoms with E-state index in [1.165, 1.54) is 19.1 Å². The highest BCUT2D eigenvalue weighted by atomic mass is 16.6. The van der Waals surface area contributed by atoms with Gasteiger partial charge in [0.25, 0.3) is 5.69 Å². The van der Waals surface area contributed by atoms with Gasteiger partial charge in [-0.1, -0.05) is 26.0 Å². The van der Waals surface area contributed by atoms with Crippen molar-refractivity contribution in [3.63, 3.8) is 0 Å². The predicted octanol–water partition coefficient (Wildman–Crippen LogP) is 7.05. The minimum atomic E-state index is -0.584. The number of nitrogens with zero attached hydrogens (tertiary/aromatic N) is 2. The molecular weight excluding hydrogens is 474 g/mol. The molecule has 0 bridgehead atoms. The summed E-state index contributed by atoms with van der Waals surface area (Å²) < 4.78 is 11.5. The molecular formula is C28H37N3O6. The van der Waals surface area contributed by atoms with E-state index in [0.29, 0.717) is 12.3 Å². The van der Waals surface area contributed by atoms with Gasteiger partial charge in [-0.05, 0) is 81.7 Å². The van der Waals surface area contributed by atoms with Gasteiger partial charge in [0.1, 0.15) is 22.8 Å². The van der Waals surface area contributed by atoms with Crippen molar-refractivity contribution in [1.29, 1.82) is 0 Å². The van der Waals surface area contributed by atoms with Crippen molar-refractivity contribution < 1.29 is 24.0 Å². The summed E-state index contributed by atoms with van der Waals surface area (Å²) in [7, 11) is 0. The number of nitro groups is 1. The molecule has 1 aliphatic carbocycles. The fourth-order valence-corrected chi connectivity index (χ4v) is 4.38. The highest BCUT2D eigenvalue weighted by molar-refractivity contribution is 5.91. The number of carbonyl (C=O) groups is 2. The van der Waals surface area contributed by atoms with Crippen LogP contribution in [0.25, 0.3) is 0 Å². The van der Waals surface area contributed by atoms with Crippen molar-refractivity contribution >= 4 is 23.4 Å². The molecule has 0 unspecified atom stereocenters. The van der Waals surface area contributed by atoms with Crippen LogP contribution >= 0.6 is 0 Å². The summed E-state index contributed by atoms with van der Waals surface area (Å²) in [4.78, 5) is 37.1. The quantitative estimate of drug-likeness (QED) is 0.315. The Kier molecular flexibility index (Phi) is 8.46. The SMILES string of the molecule is CC(=O)Nc1ccc(Oc2ccc(CN(C(=O)OC(C)(C)C)C3CCC(C)(C)CC3)cc2)cc1[N+](=O)[O-]. The summed E-state index contributed by atoms with van der Waals surface area (Å²) in [6, 6.07) is 11.7. The van der Waals surface area contributed by atoms with E-state index in [1.807, 2.05) is 37.8 Å². The Morgan fingerprint density at radius 3 is 2.22 bits per heavy atom. The van der Waals surface area contributed by atoms with Crippen LogP contribution in [0.5, 0.6) is 11.5 Å². The van der Waals surface area contributed by atoms with Crippen LogP contribution in [-0.4, -0.2) is 33.5 Å². The average Bonchev–Trinajstić information content (AvgIpc) is 2.78. The molecule has 0 radical (unpaired) electrons. The van der Waals surface area contributed by atoms with Crippen LogP contribution < -0.4 is 10.1 Å². The first-order valence-corrected chi connectivity index (χ1v) is 12.5. The zero-order chi connectivity index (χ0) is 27.4. The van der Waals surface area contributed by atoms with Gasteiger partial charge in [0.05, 0.1) is 11.0 Å². The van der Waals surface area contributed by atoms with Crippen molar-refractivity contribution in [3.8, 4) is 11.5 Å². The van der Waals surface area contributed by atoms with Crippen molar-refractivity contribution in [2.45, 2.75) is 85.4 Å². The Labute approximate surface area is 218 Å². The first-order chi connectivity index (χ1) is 17.2. The summed E-state index contributed by atoms with van der Waals surface area (Å²) >= 11 is 0. The molecule has 2 amide bonds. The van der Waals surface area contributed by atoms with E-state index in [0.717, 1.165) is 31.2 Å². The second-order valence-corrected chi connectivity index (χ2v) is 11.4. The first-order valence-electron chi connectivity index (χ1n) is 12.5. The normalized spacial score (nSPS) is 15.5. The molecule has 2 aromatic rings. The maximum Gasteiger partial charge on any atom is 0.410 e. The van der Waals surface area contributed by atoms with Crippen LogP contribution in [0.2, 0.25) is 0 Å². The van der Waals surface area contributed by atoms with Crippen LogP contribution in [0.4, 0.5) is 16.2 Å². The highest BCUT2D eigenvalue weighted by Gasteiger charge is 2.34. The zero-order valence-corrected chi connectivity index (χ0v) is 22.5. The third-order valence-corrected chi connectivity index (χ3v) is 6.37. The molecule has 0 saturated heterocycles. The smallest absolute Gasteiger partial charge is 0.410 e. The Balaban J connectivity index is 1.74. The van der Waals surface area contributed by atoms with E-state index in [2.05, 4.69) is 19.2 Å². The fraction of sp³-hybridized carbons (Fsp3) is 0.500. The third kappa shape index (κ3) is 8.20. The van der Waals surface area contributed by atoms with Gasteiger partial charge in [-0.15, -0.1) is 0 Å². The number of amides is 2. The molecule has 1 aliphatic rings.